The van der Waals surface area contributed by atoms with Gasteiger partial charge in [-0.2, -0.15) is 0 Å². The molecule has 7 heteroatoms. The second-order valence-corrected chi connectivity index (χ2v) is 5.01. The molecule has 0 aliphatic carbocycles. The summed E-state index contributed by atoms with van der Waals surface area (Å²) in [5.74, 6) is -0.719. The van der Waals surface area contributed by atoms with E-state index in [-0.39, 0.29) is 16.9 Å². The Labute approximate surface area is 136 Å². The van der Waals surface area contributed by atoms with Crippen molar-refractivity contribution in [2.45, 2.75) is 0 Å². The first-order chi connectivity index (χ1) is 11.2. The highest BCUT2D eigenvalue weighted by atomic mass is 35.5. The van der Waals surface area contributed by atoms with Crippen molar-refractivity contribution >= 4 is 28.5 Å². The molecule has 0 aliphatic heterocycles. The average Bonchev–Trinajstić information content (AvgIpc) is 2.60. The van der Waals surface area contributed by atoms with E-state index in [1.165, 1.54) is 4.57 Å². The Morgan fingerprint density at radius 1 is 1.13 bits per heavy atom. The van der Waals surface area contributed by atoms with Crippen LogP contribution in [0.25, 0.3) is 16.7 Å². The predicted octanol–water partition coefficient (Wildman–Crippen LogP) is 1.49. The molecule has 1 heterocycles. The Hall–Kier alpha value is -2.86. The van der Waals surface area contributed by atoms with Crippen LogP contribution in [0.5, 0.6) is 0 Å². The van der Waals surface area contributed by atoms with Gasteiger partial charge in [0.05, 0.1) is 11.0 Å². The summed E-state index contributed by atoms with van der Waals surface area (Å²) >= 11 is 5.41. The number of amides is 1. The number of aromatic amines is 1. The highest BCUT2D eigenvalue weighted by Crippen LogP contribution is 2.12. The average molecular weight is 329 g/mol. The van der Waals surface area contributed by atoms with E-state index in [1.807, 2.05) is 54.6 Å². The summed E-state index contributed by atoms with van der Waals surface area (Å²) in [5.41, 5.74) is 4.03. The van der Waals surface area contributed by atoms with Crippen molar-refractivity contribution in [2.75, 3.05) is 5.88 Å². The molecule has 3 rings (SSSR count). The molecule has 23 heavy (non-hydrogen) atoms. The second kappa shape index (κ2) is 6.50. The zero-order valence-corrected chi connectivity index (χ0v) is 12.7. The van der Waals surface area contributed by atoms with Crippen LogP contribution in [0, 0.1) is 0 Å². The predicted molar refractivity (Wildman–Crippen MR) is 88.3 cm³/mol. The number of para-hydroxylation sites is 3. The van der Waals surface area contributed by atoms with Crippen LogP contribution in [0.3, 0.4) is 0 Å². The molecule has 0 radical (unpaired) electrons. The minimum atomic E-state index is -0.487. The molecular formula is C16H13ClN4O2. The van der Waals surface area contributed by atoms with E-state index >= 15 is 0 Å². The van der Waals surface area contributed by atoms with Crippen molar-refractivity contribution in [3.05, 3.63) is 70.4 Å². The van der Waals surface area contributed by atoms with Crippen molar-refractivity contribution in [3.63, 3.8) is 0 Å². The van der Waals surface area contributed by atoms with E-state index in [2.05, 4.69) is 15.5 Å². The van der Waals surface area contributed by atoms with E-state index in [1.54, 1.807) is 0 Å². The summed E-state index contributed by atoms with van der Waals surface area (Å²) in [7, 11) is 0. The lowest BCUT2D eigenvalue weighted by molar-refractivity contribution is -0.118. The SMILES string of the molecule is O=C(CCl)NN=c1[nH]c2ccccc2n(-c2ccccc2)c1=O. The topological polar surface area (TPSA) is 79.2 Å². The maximum atomic E-state index is 12.7. The van der Waals surface area contributed by atoms with E-state index in [0.717, 1.165) is 5.52 Å². The number of H-pyrrole nitrogens is 1. The minimum absolute atomic E-state index is 0.0195. The molecule has 2 aromatic carbocycles. The molecule has 0 saturated heterocycles. The quantitative estimate of drug-likeness (QED) is 0.564. The number of halogens is 1. The summed E-state index contributed by atoms with van der Waals surface area (Å²) in [6.07, 6.45) is 0. The van der Waals surface area contributed by atoms with Crippen LogP contribution < -0.4 is 16.5 Å². The fraction of sp³-hybridized carbons (Fsp3) is 0.0625. The van der Waals surface area contributed by atoms with E-state index in [9.17, 15) is 9.59 Å². The van der Waals surface area contributed by atoms with Crippen molar-refractivity contribution in [3.8, 4) is 5.69 Å². The fourth-order valence-electron chi connectivity index (χ4n) is 2.23. The van der Waals surface area contributed by atoms with E-state index < -0.39 is 5.91 Å². The van der Waals surface area contributed by atoms with Gasteiger partial charge in [-0.3, -0.25) is 14.2 Å². The number of aromatic nitrogens is 2. The molecule has 0 aliphatic rings. The zero-order chi connectivity index (χ0) is 16.2. The molecule has 2 N–H and O–H groups in total. The maximum Gasteiger partial charge on any atom is 0.300 e. The number of carbonyl (C=O) groups excluding carboxylic acids is 1. The first kappa shape index (κ1) is 15.1. The Morgan fingerprint density at radius 2 is 1.83 bits per heavy atom. The monoisotopic (exact) mass is 328 g/mol. The standard InChI is InChI=1S/C16H13ClN4O2/c17-10-14(22)19-20-15-16(23)21(11-6-2-1-3-7-11)13-9-5-4-8-12(13)18-15/h1-9H,10H2,(H,18,20)(H,19,22). The van der Waals surface area contributed by atoms with E-state index in [0.29, 0.717) is 11.2 Å². The van der Waals surface area contributed by atoms with Gasteiger partial charge >= 0.3 is 0 Å². The largest absolute Gasteiger partial charge is 0.332 e. The Kier molecular flexibility index (Phi) is 4.25. The van der Waals surface area contributed by atoms with Crippen LogP contribution in [-0.4, -0.2) is 21.3 Å². The van der Waals surface area contributed by atoms with Crippen LogP contribution in [0.15, 0.2) is 64.5 Å². The number of hydrogen-bond acceptors (Lipinski definition) is 3. The van der Waals surface area contributed by atoms with E-state index in [4.69, 9.17) is 11.6 Å². The van der Waals surface area contributed by atoms with Crippen molar-refractivity contribution < 1.29 is 4.79 Å². The summed E-state index contributed by atoms with van der Waals surface area (Å²) in [6, 6.07) is 16.6. The molecular weight excluding hydrogens is 316 g/mol. The Morgan fingerprint density at radius 3 is 2.57 bits per heavy atom. The fourth-order valence-corrected chi connectivity index (χ4v) is 2.29. The van der Waals surface area contributed by atoms with Gasteiger partial charge in [0, 0.05) is 5.69 Å². The molecule has 1 amide bonds. The summed E-state index contributed by atoms with van der Waals surface area (Å²) in [4.78, 5) is 26.9. The summed E-state index contributed by atoms with van der Waals surface area (Å²) in [5, 5.41) is 3.84. The molecule has 0 fully saturated rings. The van der Waals surface area contributed by atoms with Gasteiger partial charge in [0.1, 0.15) is 5.88 Å². The highest BCUT2D eigenvalue weighted by Gasteiger charge is 2.08. The van der Waals surface area contributed by atoms with Gasteiger partial charge < -0.3 is 4.98 Å². The summed E-state index contributed by atoms with van der Waals surface area (Å²) in [6.45, 7) is 0. The number of fused-ring (bicyclic) bond motifs is 1. The van der Waals surface area contributed by atoms with Crippen LogP contribution in [0.2, 0.25) is 0 Å². The Bertz CT molecular complexity index is 977. The maximum absolute atomic E-state index is 12.7. The lowest BCUT2D eigenvalue weighted by atomic mass is 10.2. The molecule has 0 unspecified atom stereocenters. The third-order valence-electron chi connectivity index (χ3n) is 3.23. The van der Waals surface area contributed by atoms with Gasteiger partial charge in [0.15, 0.2) is 0 Å². The molecule has 0 bridgehead atoms. The van der Waals surface area contributed by atoms with Crippen molar-refractivity contribution in [1.82, 2.24) is 15.0 Å². The minimum Gasteiger partial charge on any atom is -0.332 e. The van der Waals surface area contributed by atoms with Crippen molar-refractivity contribution in [1.29, 1.82) is 0 Å². The third kappa shape index (κ3) is 3.02. The Balaban J connectivity index is 2.31. The molecule has 0 saturated carbocycles. The normalized spacial score (nSPS) is 11.6. The molecule has 0 atom stereocenters. The van der Waals surface area contributed by atoms with Gasteiger partial charge in [-0.1, -0.05) is 30.3 Å². The number of rotatable bonds is 3. The van der Waals surface area contributed by atoms with Gasteiger partial charge in [-0.05, 0) is 24.3 Å². The number of benzene rings is 2. The van der Waals surface area contributed by atoms with Gasteiger partial charge in [-0.25, -0.2) is 5.43 Å². The zero-order valence-electron chi connectivity index (χ0n) is 12.0. The van der Waals surface area contributed by atoms with Gasteiger partial charge in [-0.15, -0.1) is 16.7 Å². The number of carbonyl (C=O) groups is 1. The number of nitrogens with one attached hydrogen (secondary N) is 2. The smallest absolute Gasteiger partial charge is 0.300 e. The van der Waals surface area contributed by atoms with Gasteiger partial charge in [0.2, 0.25) is 5.49 Å². The molecule has 116 valence electrons. The molecule has 3 aromatic rings. The van der Waals surface area contributed by atoms with Crippen LogP contribution in [0.1, 0.15) is 0 Å². The lowest BCUT2D eigenvalue weighted by Gasteiger charge is -2.10. The van der Waals surface area contributed by atoms with Crippen LogP contribution in [-0.2, 0) is 4.79 Å². The molecule has 1 aromatic heterocycles. The first-order valence-electron chi connectivity index (χ1n) is 6.89. The number of alkyl halides is 1. The summed E-state index contributed by atoms with van der Waals surface area (Å²) < 4.78 is 1.54. The molecule has 6 nitrogen and oxygen atoms in total. The van der Waals surface area contributed by atoms with Crippen molar-refractivity contribution in [2.24, 2.45) is 5.10 Å². The lowest BCUT2D eigenvalue weighted by Crippen LogP contribution is -2.39. The number of nitrogens with zero attached hydrogens (tertiary/aromatic N) is 2. The van der Waals surface area contributed by atoms with Crippen LogP contribution >= 0.6 is 11.6 Å². The van der Waals surface area contributed by atoms with Gasteiger partial charge in [0.25, 0.3) is 11.5 Å². The third-order valence-corrected chi connectivity index (χ3v) is 3.47. The second-order valence-electron chi connectivity index (χ2n) is 4.75. The molecule has 0 spiro atoms. The highest BCUT2D eigenvalue weighted by molar-refractivity contribution is 6.27. The number of hydrogen-bond donors (Lipinski definition) is 2. The van der Waals surface area contributed by atoms with Crippen LogP contribution in [0.4, 0.5) is 0 Å². The first-order valence-corrected chi connectivity index (χ1v) is 7.42.